The van der Waals surface area contributed by atoms with E-state index in [-0.39, 0.29) is 5.82 Å². The Morgan fingerprint density at radius 3 is 2.78 bits per heavy atom. The molecule has 0 amide bonds. The van der Waals surface area contributed by atoms with E-state index >= 15 is 0 Å². The van der Waals surface area contributed by atoms with Gasteiger partial charge in [0.1, 0.15) is 11.6 Å². The highest BCUT2D eigenvalue weighted by atomic mass is 19.1. The lowest BCUT2D eigenvalue weighted by molar-refractivity contribution is 0.411. The fraction of sp³-hybridized carbons (Fsp3) is 0.467. The summed E-state index contributed by atoms with van der Waals surface area (Å²) in [4.78, 5) is 0. The number of benzene rings is 1. The largest absolute Gasteiger partial charge is 0.497 e. The maximum absolute atomic E-state index is 13.6. The quantitative estimate of drug-likeness (QED) is 0.749. The van der Waals surface area contributed by atoms with Gasteiger partial charge in [0.05, 0.1) is 7.11 Å². The lowest BCUT2D eigenvalue weighted by atomic mass is 10.1. The first-order valence-corrected chi connectivity index (χ1v) is 6.34. The van der Waals surface area contributed by atoms with Crippen LogP contribution in [-0.2, 0) is 0 Å². The molecule has 0 radical (unpaired) electrons. The minimum atomic E-state index is -0.249. The van der Waals surface area contributed by atoms with Gasteiger partial charge in [0.2, 0.25) is 0 Å². The maximum Gasteiger partial charge on any atom is 0.134 e. The summed E-state index contributed by atoms with van der Waals surface area (Å²) in [6.45, 7) is 6.29. The molecule has 1 rings (SSSR count). The molecule has 0 aliphatic carbocycles. The molecule has 1 aromatic carbocycles. The second kappa shape index (κ2) is 7.88. The normalized spacial score (nSPS) is 11.4. The van der Waals surface area contributed by atoms with Gasteiger partial charge in [-0.05, 0) is 37.6 Å². The van der Waals surface area contributed by atoms with Gasteiger partial charge in [-0.2, -0.15) is 0 Å². The van der Waals surface area contributed by atoms with Crippen molar-refractivity contribution in [2.24, 2.45) is 5.92 Å². The van der Waals surface area contributed by atoms with Gasteiger partial charge in [-0.1, -0.05) is 26.0 Å². The van der Waals surface area contributed by atoms with Gasteiger partial charge in [-0.3, -0.25) is 0 Å². The number of ether oxygens (including phenoxy) is 1. The molecule has 0 heterocycles. The molecular formula is C15H22FNO. The highest BCUT2D eigenvalue weighted by Crippen LogP contribution is 2.17. The summed E-state index contributed by atoms with van der Waals surface area (Å²) >= 11 is 0. The monoisotopic (exact) mass is 251 g/mol. The second-order valence-corrected chi connectivity index (χ2v) is 4.68. The lowest BCUT2D eigenvalue weighted by Crippen LogP contribution is -2.20. The summed E-state index contributed by atoms with van der Waals surface area (Å²) in [5, 5.41) is 3.34. The fourth-order valence-corrected chi connectivity index (χ4v) is 1.56. The third-order valence-electron chi connectivity index (χ3n) is 2.55. The first-order chi connectivity index (χ1) is 8.63. The molecule has 3 heteroatoms. The van der Waals surface area contributed by atoms with Crippen molar-refractivity contribution in [1.29, 1.82) is 0 Å². The zero-order valence-corrected chi connectivity index (χ0v) is 11.4. The first kappa shape index (κ1) is 14.7. The molecule has 1 N–H and O–H groups in total. The van der Waals surface area contributed by atoms with Gasteiger partial charge >= 0.3 is 0 Å². The Hall–Kier alpha value is -1.35. The van der Waals surface area contributed by atoms with Crippen molar-refractivity contribution in [2.45, 2.75) is 20.3 Å². The number of halogens is 1. The summed E-state index contributed by atoms with van der Waals surface area (Å²) in [5.74, 6) is 0.956. The molecule has 0 atom stereocenters. The first-order valence-electron chi connectivity index (χ1n) is 6.34. The minimum absolute atomic E-state index is 0.249. The van der Waals surface area contributed by atoms with Gasteiger partial charge in [0.25, 0.3) is 0 Å². The standard InChI is InChI=1S/C15H22FNO/c1-12(2)11-17-9-5-4-6-13-7-8-14(18-3)10-15(13)16/h4,6-8,10,12,17H,5,9,11H2,1-3H3/b6-4+. The van der Waals surface area contributed by atoms with E-state index in [0.717, 1.165) is 19.5 Å². The number of hydrogen-bond donors (Lipinski definition) is 1. The van der Waals surface area contributed by atoms with Crippen molar-refractivity contribution < 1.29 is 9.13 Å². The van der Waals surface area contributed by atoms with Crippen LogP contribution in [-0.4, -0.2) is 20.2 Å². The number of hydrogen-bond acceptors (Lipinski definition) is 2. The summed E-state index contributed by atoms with van der Waals surface area (Å²) < 4.78 is 18.5. The van der Waals surface area contributed by atoms with Crippen molar-refractivity contribution in [3.05, 3.63) is 35.7 Å². The zero-order chi connectivity index (χ0) is 13.4. The fourth-order valence-electron chi connectivity index (χ4n) is 1.56. The van der Waals surface area contributed by atoms with Crippen LogP contribution in [0.25, 0.3) is 6.08 Å². The van der Waals surface area contributed by atoms with Gasteiger partial charge < -0.3 is 10.1 Å². The predicted molar refractivity (Wildman–Crippen MR) is 74.3 cm³/mol. The van der Waals surface area contributed by atoms with E-state index in [0.29, 0.717) is 17.2 Å². The van der Waals surface area contributed by atoms with Crippen molar-refractivity contribution >= 4 is 6.08 Å². The molecule has 0 unspecified atom stereocenters. The Morgan fingerprint density at radius 2 is 2.17 bits per heavy atom. The summed E-state index contributed by atoms with van der Waals surface area (Å²) in [6, 6.07) is 4.89. The molecule has 0 saturated carbocycles. The van der Waals surface area contributed by atoms with Crippen molar-refractivity contribution in [1.82, 2.24) is 5.32 Å². The van der Waals surface area contributed by atoms with Gasteiger partial charge in [-0.25, -0.2) is 4.39 Å². The molecular weight excluding hydrogens is 229 g/mol. The van der Waals surface area contributed by atoms with Crippen LogP contribution in [0.4, 0.5) is 4.39 Å². The third kappa shape index (κ3) is 5.32. The van der Waals surface area contributed by atoms with E-state index in [2.05, 4.69) is 19.2 Å². The van der Waals surface area contributed by atoms with Gasteiger partial charge in [0.15, 0.2) is 0 Å². The van der Waals surface area contributed by atoms with Crippen LogP contribution in [0, 0.1) is 11.7 Å². The molecule has 100 valence electrons. The second-order valence-electron chi connectivity index (χ2n) is 4.68. The predicted octanol–water partition coefficient (Wildman–Crippen LogP) is 3.48. The van der Waals surface area contributed by atoms with Crippen LogP contribution in [0.1, 0.15) is 25.8 Å². The van der Waals surface area contributed by atoms with Crippen LogP contribution >= 0.6 is 0 Å². The highest BCUT2D eigenvalue weighted by molar-refractivity contribution is 5.51. The van der Waals surface area contributed by atoms with Crippen LogP contribution in [0.5, 0.6) is 5.75 Å². The van der Waals surface area contributed by atoms with Gasteiger partial charge in [-0.15, -0.1) is 0 Å². The average Bonchev–Trinajstić information content (AvgIpc) is 2.34. The highest BCUT2D eigenvalue weighted by Gasteiger charge is 2.00. The Kier molecular flexibility index (Phi) is 6.44. The van der Waals surface area contributed by atoms with Crippen LogP contribution in [0.3, 0.4) is 0 Å². The van der Waals surface area contributed by atoms with Crippen LogP contribution in [0.2, 0.25) is 0 Å². The number of methoxy groups -OCH3 is 1. The minimum Gasteiger partial charge on any atom is -0.497 e. The van der Waals surface area contributed by atoms with Crippen LogP contribution < -0.4 is 10.1 Å². The number of nitrogens with one attached hydrogen (secondary N) is 1. The number of rotatable bonds is 7. The van der Waals surface area contributed by atoms with Crippen molar-refractivity contribution in [3.63, 3.8) is 0 Å². The molecule has 0 spiro atoms. The lowest BCUT2D eigenvalue weighted by Gasteiger charge is -2.05. The molecule has 1 aromatic rings. The summed E-state index contributed by atoms with van der Waals surface area (Å²) in [5.41, 5.74) is 0.597. The zero-order valence-electron chi connectivity index (χ0n) is 11.4. The van der Waals surface area contributed by atoms with E-state index in [9.17, 15) is 4.39 Å². The Labute approximate surface area is 109 Å². The molecule has 0 aromatic heterocycles. The Bertz CT molecular complexity index is 388. The van der Waals surface area contributed by atoms with E-state index < -0.39 is 0 Å². The van der Waals surface area contributed by atoms with E-state index in [4.69, 9.17) is 4.74 Å². The smallest absolute Gasteiger partial charge is 0.134 e. The SMILES string of the molecule is COc1ccc(/C=C/CCNCC(C)C)c(F)c1. The van der Waals surface area contributed by atoms with Gasteiger partial charge in [0, 0.05) is 11.6 Å². The molecule has 2 nitrogen and oxygen atoms in total. The van der Waals surface area contributed by atoms with E-state index in [1.807, 2.05) is 12.2 Å². The third-order valence-corrected chi connectivity index (χ3v) is 2.55. The average molecular weight is 251 g/mol. The molecule has 18 heavy (non-hydrogen) atoms. The Balaban J connectivity index is 2.38. The molecule has 0 fully saturated rings. The molecule has 0 saturated heterocycles. The topological polar surface area (TPSA) is 21.3 Å². The summed E-state index contributed by atoms with van der Waals surface area (Å²) in [7, 11) is 1.53. The molecule has 0 bridgehead atoms. The van der Waals surface area contributed by atoms with E-state index in [1.54, 1.807) is 12.1 Å². The molecule has 0 aliphatic heterocycles. The maximum atomic E-state index is 13.6. The summed E-state index contributed by atoms with van der Waals surface area (Å²) in [6.07, 6.45) is 4.70. The van der Waals surface area contributed by atoms with Crippen LogP contribution in [0.15, 0.2) is 24.3 Å². The molecule has 0 aliphatic rings. The van der Waals surface area contributed by atoms with Crippen molar-refractivity contribution in [2.75, 3.05) is 20.2 Å². The van der Waals surface area contributed by atoms with Crippen molar-refractivity contribution in [3.8, 4) is 5.75 Å². The van der Waals surface area contributed by atoms with E-state index in [1.165, 1.54) is 13.2 Å². The Morgan fingerprint density at radius 1 is 1.39 bits per heavy atom.